The fourth-order valence-corrected chi connectivity index (χ4v) is 2.14. The number of hydrogen-bond donors (Lipinski definition) is 2. The lowest BCUT2D eigenvalue weighted by molar-refractivity contribution is 0.0954. The molecule has 2 aromatic rings. The van der Waals surface area contributed by atoms with Crippen molar-refractivity contribution in [3.8, 4) is 0 Å². The monoisotopic (exact) mass is 331 g/mol. The summed E-state index contributed by atoms with van der Waals surface area (Å²) < 4.78 is 0. The maximum Gasteiger partial charge on any atom is 0.252 e. The quantitative estimate of drug-likeness (QED) is 0.812. The predicted octanol–water partition coefficient (Wildman–Crippen LogP) is 3.78. The van der Waals surface area contributed by atoms with Gasteiger partial charge in [-0.2, -0.15) is 0 Å². The molecule has 0 bridgehead atoms. The molecule has 23 heavy (non-hydrogen) atoms. The molecule has 1 amide bonds. The topological polar surface area (TPSA) is 54.0 Å². The van der Waals surface area contributed by atoms with Crippen molar-refractivity contribution in [1.82, 2.24) is 10.3 Å². The van der Waals surface area contributed by atoms with Gasteiger partial charge in [-0.25, -0.2) is 4.98 Å². The predicted molar refractivity (Wildman–Crippen MR) is 95.1 cm³/mol. The van der Waals surface area contributed by atoms with E-state index in [1.165, 1.54) is 0 Å². The molecular formula is C18H22ClN3O. The lowest BCUT2D eigenvalue weighted by Crippen LogP contribution is -2.25. The fourth-order valence-electron chi connectivity index (χ4n) is 2.01. The van der Waals surface area contributed by atoms with Crippen LogP contribution in [0.2, 0.25) is 5.02 Å². The highest BCUT2D eigenvalue weighted by atomic mass is 35.5. The van der Waals surface area contributed by atoms with Crippen LogP contribution in [0.4, 0.5) is 5.82 Å². The van der Waals surface area contributed by atoms with Crippen molar-refractivity contribution in [3.05, 3.63) is 58.7 Å². The normalized spacial score (nSPS) is 10.6. The van der Waals surface area contributed by atoms with Gasteiger partial charge in [-0.15, -0.1) is 0 Å². The third-order valence-electron chi connectivity index (χ3n) is 3.33. The molecule has 0 saturated carbocycles. The molecule has 1 aromatic carbocycles. The Bertz CT molecular complexity index is 624. The smallest absolute Gasteiger partial charge is 0.252 e. The van der Waals surface area contributed by atoms with Gasteiger partial charge in [0.15, 0.2) is 0 Å². The van der Waals surface area contributed by atoms with Crippen LogP contribution in [-0.4, -0.2) is 24.0 Å². The van der Waals surface area contributed by atoms with Crippen LogP contribution in [-0.2, 0) is 6.42 Å². The SMILES string of the molecule is CC(C)CNc1ccc(C(=O)NCCc2ccc(Cl)cc2)cn1. The number of amides is 1. The molecule has 0 aliphatic heterocycles. The van der Waals surface area contributed by atoms with Crippen molar-refractivity contribution >= 4 is 23.3 Å². The second-order valence-corrected chi connectivity index (χ2v) is 6.28. The Morgan fingerprint density at radius 2 is 1.91 bits per heavy atom. The third-order valence-corrected chi connectivity index (χ3v) is 3.58. The molecule has 0 unspecified atom stereocenters. The number of benzene rings is 1. The molecule has 4 nitrogen and oxygen atoms in total. The Kier molecular flexibility index (Phi) is 6.41. The number of hydrogen-bond acceptors (Lipinski definition) is 3. The minimum Gasteiger partial charge on any atom is -0.370 e. The molecule has 0 aliphatic carbocycles. The fraction of sp³-hybridized carbons (Fsp3) is 0.333. The molecule has 5 heteroatoms. The van der Waals surface area contributed by atoms with Crippen molar-refractivity contribution in [1.29, 1.82) is 0 Å². The average Bonchev–Trinajstić information content (AvgIpc) is 2.55. The Morgan fingerprint density at radius 3 is 2.52 bits per heavy atom. The van der Waals surface area contributed by atoms with Crippen molar-refractivity contribution < 1.29 is 4.79 Å². The van der Waals surface area contributed by atoms with Crippen LogP contribution in [0.15, 0.2) is 42.6 Å². The average molecular weight is 332 g/mol. The second kappa shape index (κ2) is 8.53. The first kappa shape index (κ1) is 17.3. The highest BCUT2D eigenvalue weighted by Crippen LogP contribution is 2.10. The van der Waals surface area contributed by atoms with E-state index in [-0.39, 0.29) is 5.91 Å². The summed E-state index contributed by atoms with van der Waals surface area (Å²) in [7, 11) is 0. The molecule has 0 aliphatic rings. The third kappa shape index (κ3) is 5.91. The Hall–Kier alpha value is -2.07. The van der Waals surface area contributed by atoms with Gasteiger partial charge in [0, 0.05) is 24.3 Å². The summed E-state index contributed by atoms with van der Waals surface area (Å²) in [5.41, 5.74) is 1.71. The standard InChI is InChI=1S/C18H22ClN3O/c1-13(2)11-21-17-8-5-15(12-22-17)18(23)20-10-9-14-3-6-16(19)7-4-14/h3-8,12-13H,9-11H2,1-2H3,(H,20,23)(H,21,22). The first-order valence-corrected chi connectivity index (χ1v) is 8.15. The zero-order valence-electron chi connectivity index (χ0n) is 13.5. The van der Waals surface area contributed by atoms with Gasteiger partial charge in [0.2, 0.25) is 0 Å². The van der Waals surface area contributed by atoms with Crippen molar-refractivity contribution in [2.45, 2.75) is 20.3 Å². The number of nitrogens with one attached hydrogen (secondary N) is 2. The van der Waals surface area contributed by atoms with Crippen molar-refractivity contribution in [3.63, 3.8) is 0 Å². The minimum absolute atomic E-state index is 0.109. The molecule has 2 N–H and O–H groups in total. The van der Waals surface area contributed by atoms with E-state index in [4.69, 9.17) is 11.6 Å². The Labute approximate surface area is 142 Å². The number of halogens is 1. The molecule has 0 spiro atoms. The zero-order valence-corrected chi connectivity index (χ0v) is 14.2. The van der Waals surface area contributed by atoms with Crippen LogP contribution in [0.5, 0.6) is 0 Å². The van der Waals surface area contributed by atoms with Gasteiger partial charge in [-0.05, 0) is 42.2 Å². The van der Waals surface area contributed by atoms with E-state index in [9.17, 15) is 4.79 Å². The largest absolute Gasteiger partial charge is 0.370 e. The van der Waals surface area contributed by atoms with E-state index in [2.05, 4.69) is 29.5 Å². The van der Waals surface area contributed by atoms with Crippen LogP contribution >= 0.6 is 11.6 Å². The molecule has 1 heterocycles. The highest BCUT2D eigenvalue weighted by molar-refractivity contribution is 6.30. The van der Waals surface area contributed by atoms with Gasteiger partial charge in [0.1, 0.15) is 5.82 Å². The number of pyridine rings is 1. The van der Waals surface area contributed by atoms with Crippen molar-refractivity contribution in [2.24, 2.45) is 5.92 Å². The zero-order chi connectivity index (χ0) is 16.7. The number of aromatic nitrogens is 1. The number of carbonyl (C=O) groups is 1. The van der Waals surface area contributed by atoms with E-state index in [0.717, 1.165) is 29.4 Å². The van der Waals surface area contributed by atoms with Crippen LogP contribution in [0, 0.1) is 5.92 Å². The molecular weight excluding hydrogens is 310 g/mol. The molecule has 0 atom stereocenters. The number of nitrogens with zero attached hydrogens (tertiary/aromatic N) is 1. The lowest BCUT2D eigenvalue weighted by atomic mass is 10.1. The molecule has 122 valence electrons. The molecule has 1 aromatic heterocycles. The maximum absolute atomic E-state index is 12.1. The van der Waals surface area contributed by atoms with Gasteiger partial charge >= 0.3 is 0 Å². The molecule has 0 radical (unpaired) electrons. The highest BCUT2D eigenvalue weighted by Gasteiger charge is 2.06. The first-order chi connectivity index (χ1) is 11.0. The van der Waals surface area contributed by atoms with E-state index in [1.54, 1.807) is 12.3 Å². The number of anilines is 1. The van der Waals surface area contributed by atoms with E-state index in [0.29, 0.717) is 18.0 Å². The van der Waals surface area contributed by atoms with Gasteiger partial charge in [0.05, 0.1) is 5.56 Å². The van der Waals surface area contributed by atoms with Crippen LogP contribution in [0.3, 0.4) is 0 Å². The van der Waals surface area contributed by atoms with Gasteiger partial charge in [-0.1, -0.05) is 37.6 Å². The molecule has 0 saturated heterocycles. The number of rotatable bonds is 7. The lowest BCUT2D eigenvalue weighted by Gasteiger charge is -2.09. The summed E-state index contributed by atoms with van der Waals surface area (Å²) in [4.78, 5) is 16.3. The van der Waals surface area contributed by atoms with Gasteiger partial charge in [-0.3, -0.25) is 4.79 Å². The molecule has 0 fully saturated rings. The summed E-state index contributed by atoms with van der Waals surface area (Å²) in [5, 5.41) is 6.84. The maximum atomic E-state index is 12.1. The van der Waals surface area contributed by atoms with E-state index < -0.39 is 0 Å². The van der Waals surface area contributed by atoms with Crippen molar-refractivity contribution in [2.75, 3.05) is 18.4 Å². The summed E-state index contributed by atoms with van der Waals surface area (Å²) in [6.45, 7) is 5.71. The van der Waals surface area contributed by atoms with E-state index in [1.807, 2.05) is 30.3 Å². The Morgan fingerprint density at radius 1 is 1.17 bits per heavy atom. The summed E-state index contributed by atoms with van der Waals surface area (Å²) >= 11 is 5.85. The van der Waals surface area contributed by atoms with Crippen LogP contribution in [0.1, 0.15) is 29.8 Å². The summed E-state index contributed by atoms with van der Waals surface area (Å²) in [6, 6.07) is 11.2. The Balaban J connectivity index is 1.80. The van der Waals surface area contributed by atoms with Crippen LogP contribution < -0.4 is 10.6 Å². The minimum atomic E-state index is -0.109. The second-order valence-electron chi connectivity index (χ2n) is 5.84. The molecule has 2 rings (SSSR count). The van der Waals surface area contributed by atoms with Gasteiger partial charge in [0.25, 0.3) is 5.91 Å². The van der Waals surface area contributed by atoms with Crippen LogP contribution in [0.25, 0.3) is 0 Å². The summed E-state index contributed by atoms with van der Waals surface area (Å²) in [5.74, 6) is 1.23. The number of carbonyl (C=O) groups excluding carboxylic acids is 1. The summed E-state index contributed by atoms with van der Waals surface area (Å²) in [6.07, 6.45) is 2.37. The van der Waals surface area contributed by atoms with Gasteiger partial charge < -0.3 is 10.6 Å². The first-order valence-electron chi connectivity index (χ1n) is 7.77. The van der Waals surface area contributed by atoms with E-state index >= 15 is 0 Å².